The molecule has 0 saturated carbocycles. The van der Waals surface area contributed by atoms with Crippen molar-refractivity contribution >= 4 is 34.9 Å². The van der Waals surface area contributed by atoms with Crippen LogP contribution in [0.15, 0.2) is 36.4 Å². The summed E-state index contributed by atoms with van der Waals surface area (Å²) in [6, 6.07) is 10.5. The third-order valence-corrected chi connectivity index (χ3v) is 3.70. The summed E-state index contributed by atoms with van der Waals surface area (Å²) >= 11 is 11.8. The van der Waals surface area contributed by atoms with Crippen LogP contribution in [0, 0.1) is 13.8 Å². The molecule has 0 fully saturated rings. The Morgan fingerprint density at radius 2 is 1.74 bits per heavy atom. The van der Waals surface area contributed by atoms with Gasteiger partial charge in [-0.1, -0.05) is 29.3 Å². The molecule has 2 aromatic carbocycles. The molecule has 0 aromatic heterocycles. The molecule has 2 rings (SSSR count). The van der Waals surface area contributed by atoms with E-state index in [9.17, 15) is 4.79 Å². The van der Waals surface area contributed by atoms with Crippen molar-refractivity contribution in [1.29, 1.82) is 0 Å². The number of halogens is 2. The van der Waals surface area contributed by atoms with Crippen LogP contribution in [0.1, 0.15) is 11.1 Å². The highest BCUT2D eigenvalue weighted by Crippen LogP contribution is 2.22. The zero-order valence-corrected chi connectivity index (χ0v) is 14.5. The monoisotopic (exact) mass is 352 g/mol. The lowest BCUT2D eigenvalue weighted by atomic mass is 10.2. The number of urea groups is 1. The SMILES string of the molecule is Cc1ccc(Cl)cc1NC(=O)NCCOc1ccc(Cl)cc1C. The number of aryl methyl sites for hydroxylation is 2. The lowest BCUT2D eigenvalue weighted by molar-refractivity contribution is 0.247. The van der Waals surface area contributed by atoms with Crippen molar-refractivity contribution in [1.82, 2.24) is 5.32 Å². The second-order valence-electron chi connectivity index (χ2n) is 5.10. The minimum atomic E-state index is -0.299. The van der Waals surface area contributed by atoms with E-state index in [-0.39, 0.29) is 6.03 Å². The standard InChI is InChI=1S/C17H18Cl2N2O2/c1-11-3-4-14(19)10-15(11)21-17(22)20-7-8-23-16-6-5-13(18)9-12(16)2/h3-6,9-10H,7-8H2,1-2H3,(H2,20,21,22). The fourth-order valence-electron chi connectivity index (χ4n) is 2.00. The molecule has 4 nitrogen and oxygen atoms in total. The minimum Gasteiger partial charge on any atom is -0.491 e. The Hall–Kier alpha value is -1.91. The van der Waals surface area contributed by atoms with Crippen LogP contribution in [-0.2, 0) is 0 Å². The quantitative estimate of drug-likeness (QED) is 0.758. The molecule has 6 heteroatoms. The van der Waals surface area contributed by atoms with Gasteiger partial charge in [0.2, 0.25) is 0 Å². The smallest absolute Gasteiger partial charge is 0.319 e. The van der Waals surface area contributed by atoms with Gasteiger partial charge in [-0.25, -0.2) is 4.79 Å². The largest absolute Gasteiger partial charge is 0.491 e. The molecule has 0 spiro atoms. The van der Waals surface area contributed by atoms with Crippen LogP contribution in [-0.4, -0.2) is 19.2 Å². The Kier molecular flexibility index (Phi) is 6.13. The molecule has 0 radical (unpaired) electrons. The van der Waals surface area contributed by atoms with Crippen molar-refractivity contribution in [3.05, 3.63) is 57.6 Å². The molecule has 0 heterocycles. The fourth-order valence-corrected chi connectivity index (χ4v) is 2.39. The average molecular weight is 353 g/mol. The van der Waals surface area contributed by atoms with Crippen molar-refractivity contribution in [2.75, 3.05) is 18.5 Å². The van der Waals surface area contributed by atoms with Gasteiger partial charge in [0.1, 0.15) is 12.4 Å². The highest BCUT2D eigenvalue weighted by Gasteiger charge is 2.05. The Morgan fingerprint density at radius 1 is 1.04 bits per heavy atom. The maximum atomic E-state index is 11.9. The van der Waals surface area contributed by atoms with Gasteiger partial charge in [-0.05, 0) is 55.3 Å². The Bertz CT molecular complexity index is 705. The molecule has 0 saturated heterocycles. The molecular weight excluding hydrogens is 335 g/mol. The number of ether oxygens (including phenoxy) is 1. The number of carbonyl (C=O) groups is 1. The van der Waals surface area contributed by atoms with Crippen molar-refractivity contribution in [2.45, 2.75) is 13.8 Å². The van der Waals surface area contributed by atoms with Crippen LogP contribution in [0.5, 0.6) is 5.75 Å². The average Bonchev–Trinajstić information content (AvgIpc) is 2.49. The Balaban J connectivity index is 1.77. The molecular formula is C17H18Cl2N2O2. The van der Waals surface area contributed by atoms with E-state index in [4.69, 9.17) is 27.9 Å². The predicted molar refractivity (Wildman–Crippen MR) is 94.9 cm³/mol. The molecule has 0 aliphatic carbocycles. The number of benzene rings is 2. The second kappa shape index (κ2) is 8.09. The maximum absolute atomic E-state index is 11.9. The maximum Gasteiger partial charge on any atom is 0.319 e. The van der Waals surface area contributed by atoms with E-state index >= 15 is 0 Å². The molecule has 0 unspecified atom stereocenters. The summed E-state index contributed by atoms with van der Waals surface area (Å²) in [7, 11) is 0. The van der Waals surface area contributed by atoms with E-state index in [2.05, 4.69) is 10.6 Å². The Labute approximate surface area is 145 Å². The summed E-state index contributed by atoms with van der Waals surface area (Å²) in [5, 5.41) is 6.74. The van der Waals surface area contributed by atoms with E-state index in [1.165, 1.54) is 0 Å². The summed E-state index contributed by atoms with van der Waals surface area (Å²) < 4.78 is 5.61. The van der Waals surface area contributed by atoms with Gasteiger partial charge in [-0.3, -0.25) is 0 Å². The van der Waals surface area contributed by atoms with E-state index in [1.807, 2.05) is 32.0 Å². The molecule has 0 atom stereocenters. The van der Waals surface area contributed by atoms with E-state index in [0.29, 0.717) is 28.9 Å². The zero-order chi connectivity index (χ0) is 16.8. The molecule has 0 aliphatic heterocycles. The molecule has 23 heavy (non-hydrogen) atoms. The second-order valence-corrected chi connectivity index (χ2v) is 5.97. The third kappa shape index (κ3) is 5.34. The van der Waals surface area contributed by atoms with E-state index in [1.54, 1.807) is 18.2 Å². The van der Waals surface area contributed by atoms with Crippen molar-refractivity contribution in [3.8, 4) is 5.75 Å². The van der Waals surface area contributed by atoms with Crippen LogP contribution in [0.2, 0.25) is 10.0 Å². The van der Waals surface area contributed by atoms with Gasteiger partial charge in [0, 0.05) is 15.7 Å². The molecule has 2 amide bonds. The Morgan fingerprint density at radius 3 is 2.48 bits per heavy atom. The normalized spacial score (nSPS) is 10.3. The van der Waals surface area contributed by atoms with Crippen LogP contribution >= 0.6 is 23.2 Å². The predicted octanol–water partition coefficient (Wildman–Crippen LogP) is 4.81. The lowest BCUT2D eigenvalue weighted by Gasteiger charge is -2.12. The van der Waals surface area contributed by atoms with Gasteiger partial charge in [-0.15, -0.1) is 0 Å². The summed E-state index contributed by atoms with van der Waals surface area (Å²) in [6.45, 7) is 4.57. The molecule has 0 aliphatic rings. The number of rotatable bonds is 5. The number of anilines is 1. The third-order valence-electron chi connectivity index (χ3n) is 3.23. The van der Waals surface area contributed by atoms with E-state index in [0.717, 1.165) is 16.9 Å². The molecule has 122 valence electrons. The summed E-state index contributed by atoms with van der Waals surface area (Å²) in [5.74, 6) is 0.752. The van der Waals surface area contributed by atoms with E-state index < -0.39 is 0 Å². The molecule has 0 bridgehead atoms. The highest BCUT2D eigenvalue weighted by atomic mass is 35.5. The summed E-state index contributed by atoms with van der Waals surface area (Å²) in [4.78, 5) is 11.9. The number of nitrogens with one attached hydrogen (secondary N) is 2. The minimum absolute atomic E-state index is 0.299. The van der Waals surface area contributed by atoms with Crippen LogP contribution < -0.4 is 15.4 Å². The zero-order valence-electron chi connectivity index (χ0n) is 13.0. The van der Waals surface area contributed by atoms with Gasteiger partial charge >= 0.3 is 6.03 Å². The van der Waals surface area contributed by atoms with Crippen LogP contribution in [0.3, 0.4) is 0 Å². The fraction of sp³-hybridized carbons (Fsp3) is 0.235. The van der Waals surface area contributed by atoms with Crippen molar-refractivity contribution < 1.29 is 9.53 Å². The van der Waals surface area contributed by atoms with Gasteiger partial charge in [0.15, 0.2) is 0 Å². The van der Waals surface area contributed by atoms with Crippen molar-refractivity contribution in [3.63, 3.8) is 0 Å². The first-order chi connectivity index (χ1) is 11.0. The number of hydrogen-bond acceptors (Lipinski definition) is 2. The molecule has 2 N–H and O–H groups in total. The van der Waals surface area contributed by atoms with Crippen molar-refractivity contribution in [2.24, 2.45) is 0 Å². The van der Waals surface area contributed by atoms with Gasteiger partial charge in [-0.2, -0.15) is 0 Å². The highest BCUT2D eigenvalue weighted by molar-refractivity contribution is 6.31. The summed E-state index contributed by atoms with van der Waals surface area (Å²) in [5.41, 5.74) is 2.58. The van der Waals surface area contributed by atoms with Gasteiger partial charge in [0.05, 0.1) is 6.54 Å². The lowest BCUT2D eigenvalue weighted by Crippen LogP contribution is -2.32. The first-order valence-electron chi connectivity index (χ1n) is 7.15. The first kappa shape index (κ1) is 17.4. The van der Waals surface area contributed by atoms with Gasteiger partial charge in [0.25, 0.3) is 0 Å². The number of carbonyl (C=O) groups excluding carboxylic acids is 1. The summed E-state index contributed by atoms with van der Waals surface area (Å²) in [6.07, 6.45) is 0. The van der Waals surface area contributed by atoms with Crippen LogP contribution in [0.4, 0.5) is 10.5 Å². The van der Waals surface area contributed by atoms with Crippen LogP contribution in [0.25, 0.3) is 0 Å². The van der Waals surface area contributed by atoms with Gasteiger partial charge < -0.3 is 15.4 Å². The topological polar surface area (TPSA) is 50.4 Å². The number of amides is 2. The first-order valence-corrected chi connectivity index (χ1v) is 7.91. The number of hydrogen-bond donors (Lipinski definition) is 2. The molecule has 2 aromatic rings.